The van der Waals surface area contributed by atoms with Gasteiger partial charge in [-0.2, -0.15) is 4.98 Å². The molecule has 0 unspecified atom stereocenters. The zero-order chi connectivity index (χ0) is 24.4. The number of nitrogens with zero attached hydrogens (tertiary/aromatic N) is 6. The van der Waals surface area contributed by atoms with Crippen molar-refractivity contribution in [3.05, 3.63) is 36.4 Å². The topological polar surface area (TPSA) is 98.2 Å². The first-order chi connectivity index (χ1) is 17.6. The number of alkyl halides is 1. The number of hydrogen-bond donors (Lipinski definition) is 1. The number of likely N-dealkylation sites (tertiary alicyclic amines) is 1. The number of ether oxygens (including phenoxy) is 2. The van der Waals surface area contributed by atoms with Gasteiger partial charge in [0, 0.05) is 63.2 Å². The minimum absolute atomic E-state index is 0.174. The maximum atomic E-state index is 13.3. The molecule has 0 amide bonds. The third kappa shape index (κ3) is 5.47. The Labute approximate surface area is 213 Å². The SMILES string of the molecule is FC1CCN(Cc2cnc(Nc3ncc(-c4ccnc(OC5CC6(CCOCC6)C5)n4)s3)nc2)CC1. The van der Waals surface area contributed by atoms with Crippen molar-refractivity contribution >= 4 is 22.4 Å². The molecule has 1 spiro atoms. The Bertz CT molecular complexity index is 1160. The molecule has 6 rings (SSSR count). The van der Waals surface area contributed by atoms with Crippen LogP contribution in [-0.4, -0.2) is 68.4 Å². The van der Waals surface area contributed by atoms with Gasteiger partial charge in [-0.3, -0.25) is 4.90 Å². The lowest BCUT2D eigenvalue weighted by Crippen LogP contribution is -2.47. The third-order valence-corrected chi connectivity index (χ3v) is 8.32. The van der Waals surface area contributed by atoms with E-state index in [0.717, 1.165) is 74.7 Å². The summed E-state index contributed by atoms with van der Waals surface area (Å²) in [5.74, 6) is 0.487. The average Bonchev–Trinajstić information content (AvgIpc) is 3.35. The van der Waals surface area contributed by atoms with Crippen LogP contribution in [0.5, 0.6) is 6.01 Å². The second-order valence-electron chi connectivity index (χ2n) is 10.0. The summed E-state index contributed by atoms with van der Waals surface area (Å²) in [5, 5.41) is 3.85. The lowest BCUT2D eigenvalue weighted by atomic mass is 9.62. The molecule has 0 bridgehead atoms. The van der Waals surface area contributed by atoms with Gasteiger partial charge in [0.05, 0.1) is 10.6 Å². The summed E-state index contributed by atoms with van der Waals surface area (Å²) < 4.78 is 24.9. The molecule has 0 radical (unpaired) electrons. The molecule has 1 aliphatic carbocycles. The maximum Gasteiger partial charge on any atom is 0.317 e. The standard InChI is InChI=1S/C25H30FN7O2S/c26-18-2-7-33(8-3-18)16-17-13-28-22(29-14-17)32-24-30-15-21(36-24)20-1-6-27-23(31-20)35-19-11-25(12-19)4-9-34-10-5-25/h1,6,13-15,18-19H,2-5,7-12,16H2,(H,28,29,30,32). The van der Waals surface area contributed by atoms with Crippen molar-refractivity contribution in [1.29, 1.82) is 0 Å². The van der Waals surface area contributed by atoms with E-state index in [1.807, 2.05) is 18.5 Å². The van der Waals surface area contributed by atoms with Crippen LogP contribution in [0.25, 0.3) is 10.6 Å². The van der Waals surface area contributed by atoms with Gasteiger partial charge in [-0.05, 0) is 50.0 Å². The largest absolute Gasteiger partial charge is 0.460 e. The minimum Gasteiger partial charge on any atom is -0.460 e. The fraction of sp³-hybridized carbons (Fsp3) is 0.560. The van der Waals surface area contributed by atoms with Gasteiger partial charge in [0.2, 0.25) is 5.95 Å². The summed E-state index contributed by atoms with van der Waals surface area (Å²) in [5.41, 5.74) is 2.19. The summed E-state index contributed by atoms with van der Waals surface area (Å²) >= 11 is 1.47. The molecular weight excluding hydrogens is 481 g/mol. The van der Waals surface area contributed by atoms with Crippen LogP contribution < -0.4 is 10.1 Å². The van der Waals surface area contributed by atoms with Crippen LogP contribution in [-0.2, 0) is 11.3 Å². The normalized spacial score (nSPS) is 20.8. The first-order valence-corrected chi connectivity index (χ1v) is 13.4. The van der Waals surface area contributed by atoms with Crippen molar-refractivity contribution in [1.82, 2.24) is 29.8 Å². The van der Waals surface area contributed by atoms with Crippen molar-refractivity contribution in [3.8, 4) is 16.6 Å². The Kier molecular flexibility index (Phi) is 6.77. The van der Waals surface area contributed by atoms with E-state index in [1.54, 1.807) is 12.4 Å². The van der Waals surface area contributed by atoms with E-state index < -0.39 is 6.17 Å². The third-order valence-electron chi connectivity index (χ3n) is 7.39. The van der Waals surface area contributed by atoms with Crippen LogP contribution in [0.4, 0.5) is 15.5 Å². The number of thiazole rings is 1. The van der Waals surface area contributed by atoms with Crippen molar-refractivity contribution in [2.75, 3.05) is 31.6 Å². The monoisotopic (exact) mass is 511 g/mol. The van der Waals surface area contributed by atoms with Crippen molar-refractivity contribution in [2.45, 2.75) is 57.3 Å². The molecule has 0 aromatic carbocycles. The van der Waals surface area contributed by atoms with Gasteiger partial charge in [0.25, 0.3) is 0 Å². The van der Waals surface area contributed by atoms with Crippen LogP contribution in [0, 0.1) is 5.41 Å². The second kappa shape index (κ2) is 10.3. The van der Waals surface area contributed by atoms with Gasteiger partial charge in [-0.1, -0.05) is 11.3 Å². The predicted octanol–water partition coefficient (Wildman–Crippen LogP) is 4.41. The van der Waals surface area contributed by atoms with Gasteiger partial charge in [0.1, 0.15) is 12.3 Å². The molecule has 9 nitrogen and oxygen atoms in total. The molecular formula is C25H30FN7O2S. The zero-order valence-corrected chi connectivity index (χ0v) is 20.9. The van der Waals surface area contributed by atoms with Gasteiger partial charge in [0.15, 0.2) is 5.13 Å². The Morgan fingerprint density at radius 2 is 1.86 bits per heavy atom. The zero-order valence-electron chi connectivity index (χ0n) is 20.1. The lowest BCUT2D eigenvalue weighted by Gasteiger charge is -2.49. The molecule has 3 aromatic rings. The van der Waals surface area contributed by atoms with E-state index in [2.05, 4.69) is 35.1 Å². The fourth-order valence-corrected chi connectivity index (χ4v) is 6.03. The van der Waals surface area contributed by atoms with E-state index in [4.69, 9.17) is 9.47 Å². The minimum atomic E-state index is -0.666. The second-order valence-corrected chi connectivity index (χ2v) is 11.0. The van der Waals surface area contributed by atoms with Crippen molar-refractivity contribution in [3.63, 3.8) is 0 Å². The molecule has 2 aliphatic heterocycles. The highest BCUT2D eigenvalue weighted by molar-refractivity contribution is 7.18. The number of piperidine rings is 1. The summed E-state index contributed by atoms with van der Waals surface area (Å²) in [6.07, 6.45) is 12.2. The van der Waals surface area contributed by atoms with E-state index in [0.29, 0.717) is 35.3 Å². The van der Waals surface area contributed by atoms with E-state index in [9.17, 15) is 4.39 Å². The lowest BCUT2D eigenvalue weighted by molar-refractivity contribution is -0.0880. The Balaban J connectivity index is 1.03. The van der Waals surface area contributed by atoms with E-state index in [-0.39, 0.29) is 6.10 Å². The number of halogens is 1. The van der Waals surface area contributed by atoms with Crippen LogP contribution in [0.15, 0.2) is 30.9 Å². The Morgan fingerprint density at radius 1 is 1.08 bits per heavy atom. The molecule has 1 saturated carbocycles. The molecule has 3 fully saturated rings. The number of rotatable bonds is 7. The van der Waals surface area contributed by atoms with Crippen LogP contribution in [0.3, 0.4) is 0 Å². The summed E-state index contributed by atoms with van der Waals surface area (Å²) in [4.78, 5) is 25.4. The van der Waals surface area contributed by atoms with E-state index in [1.165, 1.54) is 11.3 Å². The van der Waals surface area contributed by atoms with Gasteiger partial charge >= 0.3 is 6.01 Å². The smallest absolute Gasteiger partial charge is 0.317 e. The number of anilines is 2. The van der Waals surface area contributed by atoms with Crippen LogP contribution >= 0.6 is 11.3 Å². The van der Waals surface area contributed by atoms with Crippen molar-refractivity contribution < 1.29 is 13.9 Å². The van der Waals surface area contributed by atoms with Crippen molar-refractivity contribution in [2.24, 2.45) is 5.41 Å². The van der Waals surface area contributed by atoms with Gasteiger partial charge < -0.3 is 14.8 Å². The van der Waals surface area contributed by atoms with E-state index >= 15 is 0 Å². The summed E-state index contributed by atoms with van der Waals surface area (Å²) in [6.45, 7) is 4.00. The van der Waals surface area contributed by atoms with Gasteiger partial charge in [-0.15, -0.1) is 0 Å². The molecule has 190 valence electrons. The highest BCUT2D eigenvalue weighted by Crippen LogP contribution is 2.49. The number of nitrogens with one attached hydrogen (secondary N) is 1. The fourth-order valence-electron chi connectivity index (χ4n) is 5.25. The van der Waals surface area contributed by atoms with Crippen LogP contribution in [0.2, 0.25) is 0 Å². The average molecular weight is 512 g/mol. The summed E-state index contributed by atoms with van der Waals surface area (Å²) in [7, 11) is 0. The first kappa shape index (κ1) is 23.6. The molecule has 3 aromatic heterocycles. The first-order valence-electron chi connectivity index (χ1n) is 12.6. The highest BCUT2D eigenvalue weighted by Gasteiger charge is 2.46. The molecule has 1 N–H and O–H groups in total. The predicted molar refractivity (Wildman–Crippen MR) is 134 cm³/mol. The number of aromatic nitrogens is 5. The Morgan fingerprint density at radius 3 is 2.64 bits per heavy atom. The molecule has 0 atom stereocenters. The molecule has 2 saturated heterocycles. The molecule has 3 aliphatic rings. The highest BCUT2D eigenvalue weighted by atomic mass is 32.1. The molecule has 11 heteroatoms. The molecule has 36 heavy (non-hydrogen) atoms. The van der Waals surface area contributed by atoms with Gasteiger partial charge in [-0.25, -0.2) is 24.3 Å². The molecule has 5 heterocycles. The van der Waals surface area contributed by atoms with Crippen LogP contribution in [0.1, 0.15) is 44.1 Å². The maximum absolute atomic E-state index is 13.3. The summed E-state index contributed by atoms with van der Waals surface area (Å²) in [6, 6.07) is 2.28. The Hall–Kier alpha value is -2.76. The number of hydrogen-bond acceptors (Lipinski definition) is 10. The quantitative estimate of drug-likeness (QED) is 0.495.